The molecule has 0 heterocycles. The van der Waals surface area contributed by atoms with E-state index in [4.69, 9.17) is 0 Å². The molecule has 2 unspecified atom stereocenters. The molecule has 5 nitrogen and oxygen atoms in total. The molecule has 0 aromatic carbocycles. The summed E-state index contributed by atoms with van der Waals surface area (Å²) in [5, 5.41) is 0. The van der Waals surface area contributed by atoms with E-state index in [9.17, 15) is 22.6 Å². The van der Waals surface area contributed by atoms with Crippen molar-refractivity contribution in [3.05, 3.63) is 0 Å². The van der Waals surface area contributed by atoms with Gasteiger partial charge in [-0.25, -0.2) is 8.42 Å². The Kier molecular flexibility index (Phi) is 6.73. The van der Waals surface area contributed by atoms with Gasteiger partial charge >= 0.3 is 0 Å². The van der Waals surface area contributed by atoms with Crippen molar-refractivity contribution in [1.29, 1.82) is 0 Å². The third-order valence-corrected chi connectivity index (χ3v) is 7.35. The largest absolute Gasteiger partial charge is 0.748 e. The number of carbonyl (C=O) groups excluding carboxylic acids is 2. The summed E-state index contributed by atoms with van der Waals surface area (Å²) in [6, 6.07) is 0. The van der Waals surface area contributed by atoms with E-state index < -0.39 is 21.3 Å². The molecule has 2 aliphatic rings. The minimum atomic E-state index is -4.33. The summed E-state index contributed by atoms with van der Waals surface area (Å²) in [7, 11) is -4.04. The van der Waals surface area contributed by atoms with Gasteiger partial charge in [-0.05, 0) is 35.1 Å². The van der Waals surface area contributed by atoms with Crippen molar-refractivity contribution in [2.45, 2.75) is 47.0 Å². The minimum Gasteiger partial charge on any atom is -0.748 e. The first-order valence-corrected chi connectivity index (χ1v) is 12.1. The average Bonchev–Trinajstić information content (AvgIpc) is 2.70. The van der Waals surface area contributed by atoms with Crippen LogP contribution in [0.3, 0.4) is 0 Å². The number of fused-ring (bicyclic) bond motifs is 2. The van der Waals surface area contributed by atoms with Crippen molar-refractivity contribution >= 4 is 32.6 Å². The normalized spacial score (nSPS) is 28.2. The van der Waals surface area contributed by atoms with Crippen LogP contribution in [0.15, 0.2) is 0 Å². The van der Waals surface area contributed by atoms with Gasteiger partial charge in [-0.1, -0.05) is 27.7 Å². The molecular weight excluding hydrogens is 348 g/mol. The van der Waals surface area contributed by atoms with Gasteiger partial charge in [0.1, 0.15) is 5.78 Å². The quantitative estimate of drug-likeness (QED) is 0.539. The molecule has 2 rings (SSSR count). The highest BCUT2D eigenvalue weighted by Gasteiger charge is 2.64. The number of Topliss-reactive ketones (excluding diaryl/α,β-unsaturated/α-hetero) is 2. The monoisotopic (exact) mass is 378 g/mol. The summed E-state index contributed by atoms with van der Waals surface area (Å²) < 4.78 is 32.7. The first kappa shape index (κ1) is 21.6. The predicted octanol–water partition coefficient (Wildman–Crippen LogP) is 2.02. The first-order valence-electron chi connectivity index (χ1n) is 8.26. The molecule has 0 aromatic heterocycles. The van der Waals surface area contributed by atoms with Crippen molar-refractivity contribution in [2.75, 3.05) is 24.0 Å². The lowest BCUT2D eigenvalue weighted by molar-refractivity contribution is -0.128. The lowest BCUT2D eigenvalue weighted by Gasteiger charge is -2.37. The summed E-state index contributed by atoms with van der Waals surface area (Å²) in [5.74, 6) is 1.10. The van der Waals surface area contributed by atoms with Crippen LogP contribution in [0.25, 0.3) is 0 Å². The Hall–Kier alpha value is -0.400. The van der Waals surface area contributed by atoms with Gasteiger partial charge < -0.3 is 4.55 Å². The zero-order valence-corrected chi connectivity index (χ0v) is 17.2. The van der Waals surface area contributed by atoms with Gasteiger partial charge in [0, 0.05) is 17.8 Å². The molecule has 2 fully saturated rings. The van der Waals surface area contributed by atoms with Crippen molar-refractivity contribution in [2.24, 2.45) is 22.7 Å². The van der Waals surface area contributed by atoms with Crippen LogP contribution >= 0.6 is 0 Å². The van der Waals surface area contributed by atoms with E-state index in [0.29, 0.717) is 18.6 Å². The molecule has 0 amide bonds. The van der Waals surface area contributed by atoms with Gasteiger partial charge in [0.25, 0.3) is 0 Å². The van der Waals surface area contributed by atoms with E-state index in [0.717, 1.165) is 12.2 Å². The molecule has 0 saturated heterocycles. The zero-order chi connectivity index (χ0) is 18.9. The van der Waals surface area contributed by atoms with E-state index in [2.05, 4.69) is 12.5 Å². The third kappa shape index (κ3) is 4.61. The SMILES string of the molecule is CC(C)C(=O)C[S+](C)C.CC1(C)C2CCC1(CS(=O)(=O)[O-])C(=O)C2. The maximum Gasteiger partial charge on any atom is 0.184 e. The maximum atomic E-state index is 11.8. The van der Waals surface area contributed by atoms with Gasteiger partial charge in [0.15, 0.2) is 11.5 Å². The number of ketones is 2. The van der Waals surface area contributed by atoms with Crippen molar-refractivity contribution in [1.82, 2.24) is 0 Å². The van der Waals surface area contributed by atoms with Gasteiger partial charge in [-0.2, -0.15) is 0 Å². The minimum absolute atomic E-state index is 0.0248. The third-order valence-electron chi connectivity index (χ3n) is 5.64. The lowest BCUT2D eigenvalue weighted by atomic mass is 9.70. The standard InChI is InChI=1S/C10H16O4S.C7H15OS/c1-9(2)7-3-4-10(9,8(11)5-7)6-15(12,13)14;1-6(2)7(8)5-9(3)4/h7H,3-6H2,1-2H3,(H,12,13,14);6H,5H2,1-4H3/q;+1/p-1. The highest BCUT2D eigenvalue weighted by atomic mass is 32.2. The summed E-state index contributed by atoms with van der Waals surface area (Å²) in [6.45, 7) is 7.74. The molecule has 140 valence electrons. The molecule has 2 bridgehead atoms. The molecule has 24 heavy (non-hydrogen) atoms. The van der Waals surface area contributed by atoms with E-state index in [1.54, 1.807) is 0 Å². The number of carbonyl (C=O) groups is 2. The smallest absolute Gasteiger partial charge is 0.184 e. The van der Waals surface area contributed by atoms with E-state index in [1.165, 1.54) is 0 Å². The molecule has 0 aromatic rings. The van der Waals surface area contributed by atoms with Crippen LogP contribution in [0.4, 0.5) is 0 Å². The van der Waals surface area contributed by atoms with Crippen LogP contribution in [-0.2, 0) is 30.6 Å². The van der Waals surface area contributed by atoms with E-state index in [-0.39, 0.29) is 33.9 Å². The van der Waals surface area contributed by atoms with Crippen molar-refractivity contribution in [3.8, 4) is 0 Å². The Bertz CT molecular complexity index is 592. The topological polar surface area (TPSA) is 91.3 Å². The zero-order valence-electron chi connectivity index (χ0n) is 15.5. The van der Waals surface area contributed by atoms with E-state index >= 15 is 0 Å². The van der Waals surface area contributed by atoms with Crippen molar-refractivity contribution < 1.29 is 22.6 Å². The highest BCUT2D eigenvalue weighted by Crippen LogP contribution is 2.64. The van der Waals surface area contributed by atoms with Crippen LogP contribution in [0.2, 0.25) is 0 Å². The molecule has 0 spiro atoms. The van der Waals surface area contributed by atoms with E-state index in [1.807, 2.05) is 27.7 Å². The van der Waals surface area contributed by atoms with Crippen LogP contribution in [-0.4, -0.2) is 48.6 Å². The molecule has 2 aliphatic carbocycles. The molecule has 0 aliphatic heterocycles. The number of hydrogen-bond acceptors (Lipinski definition) is 5. The Labute approximate surface area is 149 Å². The maximum absolute atomic E-state index is 11.8. The number of hydrogen-bond donors (Lipinski definition) is 0. The summed E-state index contributed by atoms with van der Waals surface area (Å²) in [4.78, 5) is 22.8. The Morgan fingerprint density at radius 3 is 2.12 bits per heavy atom. The van der Waals surface area contributed by atoms with Gasteiger partial charge in [0.2, 0.25) is 0 Å². The van der Waals surface area contributed by atoms with Crippen LogP contribution in [0.5, 0.6) is 0 Å². The second kappa shape index (κ2) is 7.46. The lowest BCUT2D eigenvalue weighted by Crippen LogP contribution is -2.42. The predicted molar refractivity (Wildman–Crippen MR) is 97.1 cm³/mol. The average molecular weight is 379 g/mol. The Morgan fingerprint density at radius 2 is 1.88 bits per heavy atom. The van der Waals surface area contributed by atoms with Gasteiger partial charge in [0.05, 0.1) is 28.4 Å². The molecular formula is C17H30O5S2. The summed E-state index contributed by atoms with van der Waals surface area (Å²) >= 11 is 0. The molecule has 2 saturated carbocycles. The Morgan fingerprint density at radius 1 is 1.33 bits per heavy atom. The second-order valence-electron chi connectivity index (χ2n) is 8.12. The fraction of sp³-hybridized carbons (Fsp3) is 0.882. The van der Waals surface area contributed by atoms with Crippen molar-refractivity contribution in [3.63, 3.8) is 0 Å². The van der Waals surface area contributed by atoms with Crippen LogP contribution in [0, 0.1) is 22.7 Å². The Balaban J connectivity index is 0.000000277. The molecule has 0 N–H and O–H groups in total. The van der Waals surface area contributed by atoms with Crippen LogP contribution in [0.1, 0.15) is 47.0 Å². The first-order chi connectivity index (χ1) is 10.7. The van der Waals surface area contributed by atoms with Crippen LogP contribution < -0.4 is 0 Å². The second-order valence-corrected chi connectivity index (χ2v) is 11.8. The van der Waals surface area contributed by atoms with Gasteiger partial charge in [-0.3, -0.25) is 9.59 Å². The summed E-state index contributed by atoms with van der Waals surface area (Å²) in [6.07, 6.45) is 6.07. The molecule has 0 radical (unpaired) electrons. The molecule has 2 atom stereocenters. The highest BCUT2D eigenvalue weighted by molar-refractivity contribution is 7.96. The number of rotatable bonds is 5. The fourth-order valence-electron chi connectivity index (χ4n) is 3.86. The van der Waals surface area contributed by atoms with Gasteiger partial charge in [-0.15, -0.1) is 0 Å². The molecule has 7 heteroatoms. The fourth-order valence-corrected chi connectivity index (χ4v) is 6.04. The summed E-state index contributed by atoms with van der Waals surface area (Å²) in [5.41, 5.74) is -1.22.